The number of rotatable bonds is 3. The van der Waals surface area contributed by atoms with Crippen LogP contribution in [-0.4, -0.2) is 71.7 Å². The van der Waals surface area contributed by atoms with Crippen molar-refractivity contribution in [1.82, 2.24) is 14.7 Å². The monoisotopic (exact) mass is 366 g/mol. The molecular weight excluding hydrogens is 340 g/mol. The minimum Gasteiger partial charge on any atom is -0.353 e. The number of amidine groups is 1. The average molecular weight is 366 g/mol. The van der Waals surface area contributed by atoms with Gasteiger partial charge < -0.3 is 20.0 Å². The smallest absolute Gasteiger partial charge is 0.321 e. The highest BCUT2D eigenvalue weighted by molar-refractivity contribution is 6.03. The number of anilines is 1. The van der Waals surface area contributed by atoms with Crippen molar-refractivity contribution in [2.24, 2.45) is 9.98 Å². The van der Waals surface area contributed by atoms with Gasteiger partial charge in [0.25, 0.3) is 0 Å². The molecule has 0 radical (unpaired) electrons. The molecule has 0 aliphatic carbocycles. The van der Waals surface area contributed by atoms with E-state index in [1.54, 1.807) is 0 Å². The molecule has 1 unspecified atom stereocenters. The Bertz CT molecular complexity index is 806. The fraction of sp³-hybridized carbons (Fsp3) is 0.450. The van der Waals surface area contributed by atoms with E-state index in [1.807, 2.05) is 29.4 Å². The van der Waals surface area contributed by atoms with E-state index in [-0.39, 0.29) is 6.03 Å². The van der Waals surface area contributed by atoms with Crippen LogP contribution in [0.5, 0.6) is 0 Å². The zero-order valence-corrected chi connectivity index (χ0v) is 15.9. The number of nitrogens with zero attached hydrogens (tertiary/aromatic N) is 5. The van der Waals surface area contributed by atoms with Crippen molar-refractivity contribution >= 4 is 23.9 Å². The lowest BCUT2D eigenvalue weighted by molar-refractivity contribution is 0.166. The first kappa shape index (κ1) is 17.6. The van der Waals surface area contributed by atoms with E-state index in [0.717, 1.165) is 49.0 Å². The molecule has 7 heteroatoms. The largest absolute Gasteiger partial charge is 0.353 e. The van der Waals surface area contributed by atoms with Gasteiger partial charge in [-0.05, 0) is 25.0 Å². The Labute approximate surface area is 160 Å². The second-order valence-electron chi connectivity index (χ2n) is 7.12. The van der Waals surface area contributed by atoms with E-state index < -0.39 is 0 Å². The van der Waals surface area contributed by atoms with Crippen molar-refractivity contribution in [3.8, 4) is 0 Å². The number of aliphatic imine (C=N–C) groups is 2. The van der Waals surface area contributed by atoms with Crippen LogP contribution in [0.1, 0.15) is 19.4 Å². The Kier molecular flexibility index (Phi) is 4.83. The lowest BCUT2D eigenvalue weighted by Crippen LogP contribution is -2.50. The number of carbonyl (C=O) groups is 1. The summed E-state index contributed by atoms with van der Waals surface area (Å²) in [5.74, 6) is 1.93. The first-order chi connectivity index (χ1) is 13.2. The van der Waals surface area contributed by atoms with Crippen LogP contribution in [0.25, 0.3) is 0 Å². The van der Waals surface area contributed by atoms with Crippen molar-refractivity contribution in [2.75, 3.05) is 38.0 Å². The van der Waals surface area contributed by atoms with E-state index in [2.05, 4.69) is 51.1 Å². The van der Waals surface area contributed by atoms with Crippen molar-refractivity contribution in [3.63, 3.8) is 0 Å². The molecule has 0 saturated carbocycles. The molecule has 1 aromatic rings. The zero-order valence-electron chi connectivity index (χ0n) is 15.9. The first-order valence-electron chi connectivity index (χ1n) is 9.63. The Balaban J connectivity index is 1.35. The number of piperazine rings is 1. The minimum atomic E-state index is -0.0307. The SMILES string of the molecule is CCc1ccccc1NC(=O)N1CCN(C2=CC3=NCC(C)N3C=N2)CC1. The molecule has 0 bridgehead atoms. The summed E-state index contributed by atoms with van der Waals surface area (Å²) in [4.78, 5) is 28.0. The van der Waals surface area contributed by atoms with E-state index in [4.69, 9.17) is 0 Å². The number of benzene rings is 1. The Hall–Kier alpha value is -2.83. The zero-order chi connectivity index (χ0) is 18.8. The fourth-order valence-electron chi connectivity index (χ4n) is 3.64. The molecule has 1 fully saturated rings. The Morgan fingerprint density at radius 1 is 1.22 bits per heavy atom. The molecule has 3 heterocycles. The summed E-state index contributed by atoms with van der Waals surface area (Å²) in [6, 6.07) is 8.32. The summed E-state index contributed by atoms with van der Waals surface area (Å²) in [6.07, 6.45) is 4.83. The van der Waals surface area contributed by atoms with Crippen LogP contribution in [0, 0.1) is 0 Å². The number of urea groups is 1. The van der Waals surface area contributed by atoms with Crippen LogP contribution < -0.4 is 5.32 Å². The van der Waals surface area contributed by atoms with Gasteiger partial charge in [-0.1, -0.05) is 25.1 Å². The van der Waals surface area contributed by atoms with E-state index >= 15 is 0 Å². The maximum atomic E-state index is 12.6. The summed E-state index contributed by atoms with van der Waals surface area (Å²) in [5, 5.41) is 3.06. The van der Waals surface area contributed by atoms with Crippen LogP contribution in [0.15, 0.2) is 46.1 Å². The summed E-state index contributed by atoms with van der Waals surface area (Å²) in [6.45, 7) is 7.97. The quantitative estimate of drug-likeness (QED) is 0.893. The second-order valence-corrected chi connectivity index (χ2v) is 7.12. The van der Waals surface area contributed by atoms with Gasteiger partial charge in [0.1, 0.15) is 11.7 Å². The molecule has 0 spiro atoms. The normalized spacial score (nSPS) is 21.7. The number of hydrogen-bond acceptors (Lipinski definition) is 5. The van der Waals surface area contributed by atoms with Crippen molar-refractivity contribution in [2.45, 2.75) is 26.3 Å². The van der Waals surface area contributed by atoms with Crippen LogP contribution >= 0.6 is 0 Å². The van der Waals surface area contributed by atoms with Crippen LogP contribution in [0.2, 0.25) is 0 Å². The molecule has 3 aliphatic heterocycles. The summed E-state index contributed by atoms with van der Waals surface area (Å²) >= 11 is 0. The topological polar surface area (TPSA) is 63.5 Å². The average Bonchev–Trinajstić information content (AvgIpc) is 3.09. The third-order valence-electron chi connectivity index (χ3n) is 5.36. The third-order valence-corrected chi connectivity index (χ3v) is 5.36. The molecule has 1 saturated heterocycles. The fourth-order valence-corrected chi connectivity index (χ4v) is 3.64. The number of amides is 2. The van der Waals surface area contributed by atoms with Gasteiger partial charge in [0.05, 0.1) is 18.9 Å². The molecule has 4 rings (SSSR count). The Morgan fingerprint density at radius 2 is 2.00 bits per heavy atom. The molecule has 3 aliphatic rings. The van der Waals surface area contributed by atoms with Crippen LogP contribution in [-0.2, 0) is 6.42 Å². The van der Waals surface area contributed by atoms with Crippen LogP contribution in [0.4, 0.5) is 10.5 Å². The highest BCUT2D eigenvalue weighted by atomic mass is 16.2. The predicted molar refractivity (Wildman–Crippen MR) is 108 cm³/mol. The number of fused-ring (bicyclic) bond motifs is 1. The highest BCUT2D eigenvalue weighted by Crippen LogP contribution is 2.20. The van der Waals surface area contributed by atoms with E-state index in [1.165, 1.54) is 0 Å². The van der Waals surface area contributed by atoms with Gasteiger partial charge in [-0.15, -0.1) is 0 Å². The number of para-hydroxylation sites is 1. The second kappa shape index (κ2) is 7.42. The first-order valence-corrected chi connectivity index (χ1v) is 9.63. The summed E-state index contributed by atoms with van der Waals surface area (Å²) in [7, 11) is 0. The van der Waals surface area contributed by atoms with Crippen molar-refractivity contribution in [1.29, 1.82) is 0 Å². The number of nitrogens with one attached hydrogen (secondary N) is 1. The Morgan fingerprint density at radius 3 is 2.78 bits per heavy atom. The van der Waals surface area contributed by atoms with Crippen molar-refractivity contribution < 1.29 is 4.79 Å². The minimum absolute atomic E-state index is 0.0307. The van der Waals surface area contributed by atoms with E-state index in [9.17, 15) is 4.79 Å². The van der Waals surface area contributed by atoms with Gasteiger partial charge in [-0.25, -0.2) is 9.79 Å². The van der Waals surface area contributed by atoms with Gasteiger partial charge in [0.15, 0.2) is 0 Å². The molecule has 2 amide bonds. The molecule has 1 N–H and O–H groups in total. The molecule has 7 nitrogen and oxygen atoms in total. The van der Waals surface area contributed by atoms with Gasteiger partial charge in [0, 0.05) is 37.9 Å². The van der Waals surface area contributed by atoms with E-state index in [0.29, 0.717) is 19.1 Å². The highest BCUT2D eigenvalue weighted by Gasteiger charge is 2.28. The van der Waals surface area contributed by atoms with Gasteiger partial charge in [-0.2, -0.15) is 0 Å². The van der Waals surface area contributed by atoms with Crippen molar-refractivity contribution in [3.05, 3.63) is 41.7 Å². The van der Waals surface area contributed by atoms with Gasteiger partial charge in [-0.3, -0.25) is 4.99 Å². The number of aryl methyl sites for hydroxylation is 1. The summed E-state index contributed by atoms with van der Waals surface area (Å²) < 4.78 is 0. The van der Waals surface area contributed by atoms with Gasteiger partial charge >= 0.3 is 6.03 Å². The maximum Gasteiger partial charge on any atom is 0.321 e. The maximum absolute atomic E-state index is 12.6. The molecule has 27 heavy (non-hydrogen) atoms. The number of hydrogen-bond donors (Lipinski definition) is 1. The third kappa shape index (κ3) is 3.54. The molecule has 0 aromatic heterocycles. The molecule has 1 atom stereocenters. The molecular formula is C20H26N6O. The number of carbonyl (C=O) groups excluding carboxylic acids is 1. The predicted octanol–water partition coefficient (Wildman–Crippen LogP) is 2.38. The lowest BCUT2D eigenvalue weighted by atomic mass is 10.1. The lowest BCUT2D eigenvalue weighted by Gasteiger charge is -2.37. The van der Waals surface area contributed by atoms with Gasteiger partial charge in [0.2, 0.25) is 0 Å². The van der Waals surface area contributed by atoms with Crippen LogP contribution in [0.3, 0.4) is 0 Å². The summed E-state index contributed by atoms with van der Waals surface area (Å²) in [5.41, 5.74) is 2.06. The standard InChI is InChI=1S/C20H26N6O/c1-3-16-6-4-5-7-17(16)23-20(27)25-10-8-24(9-11-25)18-12-19-21-13-15(2)26(19)14-22-18/h4-7,12,14-15H,3,8-11,13H2,1-2H3,(H,23,27). The molecule has 142 valence electrons. The molecule has 1 aromatic carbocycles.